The van der Waals surface area contributed by atoms with Gasteiger partial charge in [0.05, 0.1) is 0 Å². The van der Waals surface area contributed by atoms with Crippen LogP contribution in [0.15, 0.2) is 23.6 Å². The summed E-state index contributed by atoms with van der Waals surface area (Å²) in [7, 11) is 0. The fourth-order valence-corrected chi connectivity index (χ4v) is 1.93. The lowest BCUT2D eigenvalue weighted by atomic mass is 10.3. The van der Waals surface area contributed by atoms with E-state index in [1.165, 1.54) is 4.70 Å². The van der Waals surface area contributed by atoms with Crippen molar-refractivity contribution in [3.63, 3.8) is 0 Å². The Bertz CT molecular complexity index is 351. The van der Waals surface area contributed by atoms with Gasteiger partial charge in [-0.2, -0.15) is 0 Å². The van der Waals surface area contributed by atoms with Crippen molar-refractivity contribution in [1.82, 2.24) is 0 Å². The molecule has 49 valence electrons. The van der Waals surface area contributed by atoms with Gasteiger partial charge in [0.15, 0.2) is 0 Å². The highest BCUT2D eigenvalue weighted by molar-refractivity contribution is 7.17. The molecule has 2 aromatic rings. The molecule has 0 aliphatic carbocycles. The summed E-state index contributed by atoms with van der Waals surface area (Å²) in [6, 6.07) is 8.95. The second-order valence-corrected chi connectivity index (χ2v) is 3.31. The maximum Gasteiger partial charge on any atom is 0.0499 e. The number of halogens is 1. The van der Waals surface area contributed by atoms with Gasteiger partial charge in [0.1, 0.15) is 0 Å². The molecular formula is C8H4ClS. The first kappa shape index (κ1) is 6.20. The number of hydrogen-bond acceptors (Lipinski definition) is 1. The summed E-state index contributed by atoms with van der Waals surface area (Å²) in [6.07, 6.45) is 0. The second kappa shape index (κ2) is 2.26. The van der Waals surface area contributed by atoms with Crippen LogP contribution in [-0.2, 0) is 0 Å². The largest absolute Gasteiger partial charge is 0.143 e. The summed E-state index contributed by atoms with van der Waals surface area (Å²) in [5, 5.41) is 3.75. The molecule has 0 spiro atoms. The Morgan fingerprint density at radius 2 is 2.30 bits per heavy atom. The monoisotopic (exact) mass is 167 g/mol. The lowest BCUT2D eigenvalue weighted by molar-refractivity contribution is 1.84. The standard InChI is InChI=1S/C8H4ClS/c9-7-2-1-3-8-6(7)4-5-10-8/h1-3,5H. The molecule has 0 bridgehead atoms. The lowest BCUT2D eigenvalue weighted by Crippen LogP contribution is -1.62. The lowest BCUT2D eigenvalue weighted by Gasteiger charge is -1.89. The summed E-state index contributed by atoms with van der Waals surface area (Å²) in [4.78, 5) is 0. The number of benzene rings is 1. The molecular weight excluding hydrogens is 164 g/mol. The van der Waals surface area contributed by atoms with Crippen LogP contribution >= 0.6 is 22.9 Å². The first-order valence-electron chi connectivity index (χ1n) is 2.91. The van der Waals surface area contributed by atoms with Crippen molar-refractivity contribution >= 4 is 33.0 Å². The van der Waals surface area contributed by atoms with Crippen LogP contribution < -0.4 is 0 Å². The third-order valence-electron chi connectivity index (χ3n) is 1.36. The predicted octanol–water partition coefficient (Wildman–Crippen LogP) is 3.35. The summed E-state index contributed by atoms with van der Waals surface area (Å²) in [5.74, 6) is 0. The fourth-order valence-electron chi connectivity index (χ4n) is 0.895. The molecule has 0 atom stereocenters. The zero-order chi connectivity index (χ0) is 6.97. The van der Waals surface area contributed by atoms with Crippen molar-refractivity contribution in [2.24, 2.45) is 0 Å². The Morgan fingerprint density at radius 1 is 1.40 bits per heavy atom. The van der Waals surface area contributed by atoms with E-state index in [0.29, 0.717) is 0 Å². The highest BCUT2D eigenvalue weighted by Crippen LogP contribution is 2.26. The fraction of sp³-hybridized carbons (Fsp3) is 0. The Kier molecular flexibility index (Phi) is 1.40. The van der Waals surface area contributed by atoms with Gasteiger partial charge in [-0.15, -0.1) is 11.3 Å². The van der Waals surface area contributed by atoms with Gasteiger partial charge >= 0.3 is 0 Å². The van der Waals surface area contributed by atoms with Crippen molar-refractivity contribution < 1.29 is 0 Å². The molecule has 0 unspecified atom stereocenters. The molecule has 0 N–H and O–H groups in total. The van der Waals surface area contributed by atoms with Gasteiger partial charge in [-0.25, -0.2) is 0 Å². The van der Waals surface area contributed by atoms with E-state index in [-0.39, 0.29) is 0 Å². The zero-order valence-electron chi connectivity index (χ0n) is 5.10. The number of fused-ring (bicyclic) bond motifs is 1. The highest BCUT2D eigenvalue weighted by Gasteiger charge is 1.96. The molecule has 1 aromatic carbocycles. The van der Waals surface area contributed by atoms with Crippen molar-refractivity contribution in [3.05, 3.63) is 34.7 Å². The molecule has 10 heavy (non-hydrogen) atoms. The molecule has 0 nitrogen and oxygen atoms in total. The number of hydrogen-bond donors (Lipinski definition) is 0. The summed E-state index contributed by atoms with van der Waals surface area (Å²) in [6.45, 7) is 0. The number of rotatable bonds is 0. The van der Waals surface area contributed by atoms with E-state index in [9.17, 15) is 0 Å². The molecule has 0 aliphatic rings. The summed E-state index contributed by atoms with van der Waals surface area (Å²) >= 11 is 7.54. The van der Waals surface area contributed by atoms with Gasteiger partial charge in [-0.3, -0.25) is 0 Å². The van der Waals surface area contributed by atoms with Gasteiger partial charge in [-0.1, -0.05) is 17.7 Å². The van der Waals surface area contributed by atoms with E-state index in [1.54, 1.807) is 11.3 Å². The van der Waals surface area contributed by atoms with E-state index in [2.05, 4.69) is 6.07 Å². The van der Waals surface area contributed by atoms with Crippen LogP contribution in [-0.4, -0.2) is 0 Å². The molecule has 0 saturated heterocycles. The normalized spacial score (nSPS) is 10.5. The molecule has 0 fully saturated rings. The van der Waals surface area contributed by atoms with Crippen LogP contribution in [0.4, 0.5) is 0 Å². The highest BCUT2D eigenvalue weighted by atomic mass is 35.5. The van der Waals surface area contributed by atoms with Crippen LogP contribution in [0.5, 0.6) is 0 Å². The van der Waals surface area contributed by atoms with Crippen LogP contribution in [0.25, 0.3) is 10.1 Å². The third kappa shape index (κ3) is 0.825. The van der Waals surface area contributed by atoms with Crippen molar-refractivity contribution in [2.75, 3.05) is 0 Å². The second-order valence-electron chi connectivity index (χ2n) is 1.99. The minimum absolute atomic E-state index is 0.791. The summed E-state index contributed by atoms with van der Waals surface area (Å²) < 4.78 is 1.20. The van der Waals surface area contributed by atoms with E-state index in [4.69, 9.17) is 11.6 Å². The maximum absolute atomic E-state index is 5.87. The van der Waals surface area contributed by atoms with E-state index >= 15 is 0 Å². The minimum atomic E-state index is 0.791. The first-order valence-corrected chi connectivity index (χ1v) is 4.17. The van der Waals surface area contributed by atoms with E-state index in [0.717, 1.165) is 10.4 Å². The Labute approximate surface area is 68.1 Å². The Balaban J connectivity index is 2.95. The van der Waals surface area contributed by atoms with Gasteiger partial charge < -0.3 is 0 Å². The van der Waals surface area contributed by atoms with Gasteiger partial charge in [0, 0.05) is 21.2 Å². The molecule has 1 radical (unpaired) electrons. The smallest absolute Gasteiger partial charge is 0.0499 e. The maximum atomic E-state index is 5.87. The molecule has 2 rings (SSSR count). The van der Waals surface area contributed by atoms with Gasteiger partial charge in [-0.05, 0) is 17.5 Å². The average molecular weight is 168 g/mol. The first-order chi connectivity index (χ1) is 4.88. The molecule has 0 amide bonds. The summed E-state index contributed by atoms with van der Waals surface area (Å²) in [5.41, 5.74) is 0. The minimum Gasteiger partial charge on any atom is -0.143 e. The number of thiophene rings is 1. The molecule has 0 saturated carbocycles. The third-order valence-corrected chi connectivity index (χ3v) is 2.51. The molecule has 2 heteroatoms. The van der Waals surface area contributed by atoms with Crippen LogP contribution in [0.2, 0.25) is 5.02 Å². The molecule has 0 aliphatic heterocycles. The topological polar surface area (TPSA) is 0 Å². The molecule has 1 aromatic heterocycles. The quantitative estimate of drug-likeness (QED) is 0.565. The average Bonchev–Trinajstić information content (AvgIpc) is 2.36. The Morgan fingerprint density at radius 3 is 3.10 bits per heavy atom. The SMILES string of the molecule is Clc1cccc2sc[c]c12. The van der Waals surface area contributed by atoms with E-state index in [1.807, 2.05) is 23.6 Å². The predicted molar refractivity (Wildman–Crippen MR) is 45.7 cm³/mol. The van der Waals surface area contributed by atoms with Crippen molar-refractivity contribution in [3.8, 4) is 0 Å². The van der Waals surface area contributed by atoms with Gasteiger partial charge in [0.2, 0.25) is 0 Å². The van der Waals surface area contributed by atoms with Crippen LogP contribution in [0.3, 0.4) is 0 Å². The molecule has 1 heterocycles. The van der Waals surface area contributed by atoms with Crippen molar-refractivity contribution in [2.45, 2.75) is 0 Å². The van der Waals surface area contributed by atoms with Crippen LogP contribution in [0.1, 0.15) is 0 Å². The van der Waals surface area contributed by atoms with Crippen LogP contribution in [0, 0.1) is 6.07 Å². The van der Waals surface area contributed by atoms with E-state index < -0.39 is 0 Å². The van der Waals surface area contributed by atoms with Crippen molar-refractivity contribution in [1.29, 1.82) is 0 Å². The Hall–Kier alpha value is -0.530. The van der Waals surface area contributed by atoms with Gasteiger partial charge in [0.25, 0.3) is 0 Å². The zero-order valence-corrected chi connectivity index (χ0v) is 6.67.